The molecule has 0 aliphatic rings. The highest BCUT2D eigenvalue weighted by atomic mass is 16.6. The van der Waals surface area contributed by atoms with E-state index in [9.17, 15) is 19.5 Å². The summed E-state index contributed by atoms with van der Waals surface area (Å²) in [5.41, 5.74) is 0. The van der Waals surface area contributed by atoms with Crippen molar-refractivity contribution in [1.29, 1.82) is 0 Å². The lowest BCUT2D eigenvalue weighted by molar-refractivity contribution is -0.889. The Morgan fingerprint density at radius 1 is 0.571 bits per heavy atom. The zero-order valence-electron chi connectivity index (χ0n) is 36.0. The number of allylic oxidation sites excluding steroid dienone is 14. The number of nitrogens with zero attached hydrogens (tertiary/aromatic N) is 1. The Labute approximate surface area is 342 Å². The maximum atomic E-state index is 12.7. The molecule has 0 saturated carbocycles. The molecule has 0 amide bonds. The summed E-state index contributed by atoms with van der Waals surface area (Å²) < 4.78 is 17.1. The Balaban J connectivity index is 4.43. The molecule has 0 spiro atoms. The van der Waals surface area contributed by atoms with Crippen LogP contribution in [0, 0.1) is 0 Å². The van der Waals surface area contributed by atoms with Crippen molar-refractivity contribution < 1.29 is 38.2 Å². The van der Waals surface area contributed by atoms with Gasteiger partial charge in [0, 0.05) is 19.3 Å². The maximum absolute atomic E-state index is 12.7. The van der Waals surface area contributed by atoms with E-state index < -0.39 is 18.1 Å². The van der Waals surface area contributed by atoms with E-state index in [1.165, 1.54) is 25.7 Å². The number of ether oxygens (including phenoxy) is 3. The first-order valence-electron chi connectivity index (χ1n) is 21.7. The minimum absolute atomic E-state index is 0.0237. The average molecular weight is 782 g/mol. The second-order valence-electron chi connectivity index (χ2n) is 15.3. The molecule has 0 saturated heterocycles. The minimum Gasteiger partial charge on any atom is -0.544 e. The Kier molecular flexibility index (Phi) is 36.0. The van der Waals surface area contributed by atoms with E-state index >= 15 is 0 Å². The number of carboxylic acid groups (broad SMARTS) is 1. The molecule has 0 fully saturated rings. The first-order chi connectivity index (χ1) is 27.1. The van der Waals surface area contributed by atoms with Gasteiger partial charge in [0.15, 0.2) is 6.10 Å². The molecule has 56 heavy (non-hydrogen) atoms. The minimum atomic E-state index is -1.13. The van der Waals surface area contributed by atoms with Crippen molar-refractivity contribution in [3.63, 3.8) is 0 Å². The number of carboxylic acids is 1. The Morgan fingerprint density at radius 3 is 1.62 bits per heavy atom. The number of hydrogen-bond acceptors (Lipinski definition) is 7. The molecule has 0 N–H and O–H groups in total. The van der Waals surface area contributed by atoms with Crippen LogP contribution < -0.4 is 5.11 Å². The summed E-state index contributed by atoms with van der Waals surface area (Å²) in [6.45, 7) is 4.41. The Bertz CT molecular complexity index is 1190. The van der Waals surface area contributed by atoms with E-state index in [1.54, 1.807) is 21.1 Å². The number of likely N-dealkylation sites (N-methyl/N-ethyl adjacent to an activating group) is 1. The highest BCUT2D eigenvalue weighted by molar-refractivity contribution is 5.70. The zero-order chi connectivity index (χ0) is 41.4. The van der Waals surface area contributed by atoms with Crippen molar-refractivity contribution >= 4 is 17.9 Å². The second-order valence-corrected chi connectivity index (χ2v) is 15.3. The molecular weight excluding hydrogens is 703 g/mol. The van der Waals surface area contributed by atoms with E-state index in [4.69, 9.17) is 14.2 Å². The SMILES string of the molecule is CC/C=C/C/C=C/CCCCCCCCCC(=O)OC(COCCC(C(=O)[O-])[N+](C)(C)C)COC(=O)CCCCCCC/C=C/C=C/C=C/C=C/C=C/CCC. The monoisotopic (exact) mass is 782 g/mol. The molecule has 0 aromatic rings. The van der Waals surface area contributed by atoms with Crippen molar-refractivity contribution in [2.75, 3.05) is 41.0 Å². The molecule has 0 radical (unpaired) electrons. The molecule has 2 atom stereocenters. The summed E-state index contributed by atoms with van der Waals surface area (Å²) >= 11 is 0. The van der Waals surface area contributed by atoms with E-state index in [2.05, 4.69) is 62.5 Å². The van der Waals surface area contributed by atoms with Gasteiger partial charge in [-0.1, -0.05) is 157 Å². The molecule has 0 aliphatic heterocycles. The summed E-state index contributed by atoms with van der Waals surface area (Å²) in [6.07, 6.45) is 48.8. The number of esters is 2. The van der Waals surface area contributed by atoms with Crippen molar-refractivity contribution in [2.24, 2.45) is 0 Å². The van der Waals surface area contributed by atoms with Gasteiger partial charge in [0.2, 0.25) is 0 Å². The van der Waals surface area contributed by atoms with Crippen LogP contribution in [0.1, 0.15) is 149 Å². The van der Waals surface area contributed by atoms with Gasteiger partial charge in [-0.3, -0.25) is 9.59 Å². The summed E-state index contributed by atoms with van der Waals surface area (Å²) in [6, 6.07) is -0.735. The van der Waals surface area contributed by atoms with Crippen molar-refractivity contribution in [2.45, 2.75) is 161 Å². The smallest absolute Gasteiger partial charge is 0.306 e. The van der Waals surface area contributed by atoms with E-state index in [0.717, 1.165) is 89.9 Å². The maximum Gasteiger partial charge on any atom is 0.306 e. The lowest BCUT2D eigenvalue weighted by atomic mass is 10.1. The van der Waals surface area contributed by atoms with Gasteiger partial charge in [-0.2, -0.15) is 0 Å². The van der Waals surface area contributed by atoms with Crippen LogP contribution >= 0.6 is 0 Å². The van der Waals surface area contributed by atoms with E-state index in [0.29, 0.717) is 12.8 Å². The molecule has 8 heteroatoms. The first kappa shape index (κ1) is 52.5. The molecule has 0 rings (SSSR count). The normalized spacial score (nSPS) is 13.8. The summed E-state index contributed by atoms with van der Waals surface area (Å²) in [4.78, 5) is 36.8. The fourth-order valence-electron chi connectivity index (χ4n) is 5.78. The standard InChI is InChI=1S/C48H79NO7/c1-6-8-10-12-14-16-18-20-22-23-24-25-27-28-30-32-34-36-38-46(50)55-43-44(42-54-41-40-45(48(52)53)49(3,4)5)56-47(51)39-37-35-33-31-29-26-21-19-17-15-13-11-9-7-2/h9-12,14-18,20,22-25,44-45H,6-8,13,19,21,26-43H2,1-5H3/b11-9+,12-10+,16-14+,17-15+,20-18+,23-22+,25-24+. The number of hydrogen-bond donors (Lipinski definition) is 0. The number of rotatable bonds is 37. The predicted octanol–water partition coefficient (Wildman–Crippen LogP) is 10.4. The first-order valence-corrected chi connectivity index (χ1v) is 21.7. The molecular formula is C48H79NO7. The van der Waals surface area contributed by atoms with Gasteiger partial charge in [0.05, 0.1) is 40.3 Å². The zero-order valence-corrected chi connectivity index (χ0v) is 36.0. The van der Waals surface area contributed by atoms with Gasteiger partial charge in [-0.25, -0.2) is 0 Å². The van der Waals surface area contributed by atoms with Crippen LogP contribution in [0.4, 0.5) is 0 Å². The number of quaternary nitrogens is 1. The topological polar surface area (TPSA) is 102 Å². The van der Waals surface area contributed by atoms with Crippen LogP contribution in [-0.2, 0) is 28.6 Å². The Hall–Kier alpha value is -3.49. The van der Waals surface area contributed by atoms with Crippen LogP contribution in [0.5, 0.6) is 0 Å². The highest BCUT2D eigenvalue weighted by Crippen LogP contribution is 2.13. The molecule has 2 unspecified atom stereocenters. The fraction of sp³-hybridized carbons (Fsp3) is 0.646. The third kappa shape index (κ3) is 36.2. The van der Waals surface area contributed by atoms with Crippen LogP contribution in [-0.4, -0.2) is 75.5 Å². The number of unbranched alkanes of at least 4 members (excludes halogenated alkanes) is 13. The molecule has 318 valence electrons. The number of aliphatic carboxylic acids is 1. The van der Waals surface area contributed by atoms with E-state index in [-0.39, 0.29) is 42.7 Å². The average Bonchev–Trinajstić information content (AvgIpc) is 3.15. The quantitative estimate of drug-likeness (QED) is 0.0203. The van der Waals surface area contributed by atoms with Gasteiger partial charge >= 0.3 is 11.9 Å². The van der Waals surface area contributed by atoms with Gasteiger partial charge in [-0.05, 0) is 57.8 Å². The van der Waals surface area contributed by atoms with Crippen molar-refractivity contribution in [3.05, 3.63) is 85.1 Å². The van der Waals surface area contributed by atoms with E-state index in [1.807, 2.05) is 36.5 Å². The van der Waals surface area contributed by atoms with Crippen molar-refractivity contribution in [3.8, 4) is 0 Å². The lowest BCUT2D eigenvalue weighted by Crippen LogP contribution is -2.55. The second kappa shape index (κ2) is 38.4. The third-order valence-corrected chi connectivity index (χ3v) is 9.12. The largest absolute Gasteiger partial charge is 0.544 e. The van der Waals surface area contributed by atoms with Gasteiger partial charge < -0.3 is 28.6 Å². The number of carbonyl (C=O) groups excluding carboxylic acids is 3. The molecule has 8 nitrogen and oxygen atoms in total. The summed E-state index contributed by atoms with van der Waals surface area (Å²) in [5.74, 6) is -1.79. The highest BCUT2D eigenvalue weighted by Gasteiger charge is 2.25. The van der Waals surface area contributed by atoms with Crippen LogP contribution in [0.2, 0.25) is 0 Å². The van der Waals surface area contributed by atoms with Crippen LogP contribution in [0.25, 0.3) is 0 Å². The Morgan fingerprint density at radius 2 is 1.07 bits per heavy atom. The predicted molar refractivity (Wildman–Crippen MR) is 231 cm³/mol. The van der Waals surface area contributed by atoms with Gasteiger partial charge in [0.25, 0.3) is 0 Å². The number of carbonyl (C=O) groups is 3. The molecule has 0 bridgehead atoms. The van der Waals surface area contributed by atoms with Gasteiger partial charge in [0.1, 0.15) is 12.6 Å². The molecule has 0 aromatic heterocycles. The van der Waals surface area contributed by atoms with Crippen LogP contribution in [0.15, 0.2) is 85.1 Å². The van der Waals surface area contributed by atoms with Crippen LogP contribution in [0.3, 0.4) is 0 Å². The summed E-state index contributed by atoms with van der Waals surface area (Å²) in [5, 5.41) is 11.6. The van der Waals surface area contributed by atoms with Crippen molar-refractivity contribution in [1.82, 2.24) is 0 Å². The van der Waals surface area contributed by atoms with Gasteiger partial charge in [-0.15, -0.1) is 0 Å². The summed E-state index contributed by atoms with van der Waals surface area (Å²) in [7, 11) is 5.38. The lowest BCUT2D eigenvalue weighted by Gasteiger charge is -2.34. The fourth-order valence-corrected chi connectivity index (χ4v) is 5.78. The third-order valence-electron chi connectivity index (χ3n) is 9.12. The molecule has 0 heterocycles. The molecule has 0 aliphatic carbocycles. The molecule has 0 aromatic carbocycles.